The van der Waals surface area contributed by atoms with Crippen LogP contribution < -0.4 is 20.9 Å². The lowest BCUT2D eigenvalue weighted by atomic mass is 9.99. The van der Waals surface area contributed by atoms with Crippen LogP contribution in [0.1, 0.15) is 40.5 Å². The summed E-state index contributed by atoms with van der Waals surface area (Å²) in [7, 11) is 0. The Bertz CT molecular complexity index is 622. The zero-order valence-electron chi connectivity index (χ0n) is 16.7. The molecule has 7 nitrogen and oxygen atoms in total. The quantitative estimate of drug-likeness (QED) is 0.524. The molecule has 1 aromatic heterocycles. The van der Waals surface area contributed by atoms with Crippen LogP contribution >= 0.6 is 12.2 Å². The molecule has 1 amide bonds. The third-order valence-electron chi connectivity index (χ3n) is 4.19. The Morgan fingerprint density at radius 2 is 1.93 bits per heavy atom. The summed E-state index contributed by atoms with van der Waals surface area (Å²) >= 11 is 5.27. The Balaban J connectivity index is 1.67. The molecule has 0 spiro atoms. The molecular formula is C19H31N5O2S. The lowest BCUT2D eigenvalue weighted by Crippen LogP contribution is -2.39. The van der Waals surface area contributed by atoms with Crippen LogP contribution in [0.25, 0.3) is 0 Å². The van der Waals surface area contributed by atoms with Gasteiger partial charge >= 0.3 is 6.09 Å². The third-order valence-corrected chi connectivity index (χ3v) is 4.44. The SMILES string of the molecule is CC1CCN(c2ccc(NC(=S)NCCNC(=O)OC(C)(C)C)cn2)CC1. The number of hydrogen-bond acceptors (Lipinski definition) is 5. The van der Waals surface area contributed by atoms with Gasteiger partial charge in [-0.3, -0.25) is 0 Å². The van der Waals surface area contributed by atoms with E-state index < -0.39 is 11.7 Å². The number of aromatic nitrogens is 1. The van der Waals surface area contributed by atoms with Gasteiger partial charge < -0.3 is 25.6 Å². The van der Waals surface area contributed by atoms with Gasteiger partial charge in [-0.1, -0.05) is 6.92 Å². The molecule has 3 N–H and O–H groups in total. The summed E-state index contributed by atoms with van der Waals surface area (Å²) in [5.74, 6) is 1.81. The van der Waals surface area contributed by atoms with Crippen LogP contribution in [0, 0.1) is 5.92 Å². The first kappa shape index (κ1) is 21.2. The van der Waals surface area contributed by atoms with Gasteiger partial charge in [-0.15, -0.1) is 0 Å². The highest BCUT2D eigenvalue weighted by Gasteiger charge is 2.17. The number of nitrogens with one attached hydrogen (secondary N) is 3. The predicted octanol–water partition coefficient (Wildman–Crippen LogP) is 3.13. The maximum Gasteiger partial charge on any atom is 0.407 e. The van der Waals surface area contributed by atoms with Crippen LogP contribution in [0.15, 0.2) is 18.3 Å². The topological polar surface area (TPSA) is 78.5 Å². The van der Waals surface area contributed by atoms with E-state index in [1.165, 1.54) is 12.8 Å². The van der Waals surface area contributed by atoms with E-state index in [-0.39, 0.29) is 0 Å². The van der Waals surface area contributed by atoms with Crippen LogP contribution in [0.2, 0.25) is 0 Å². The number of rotatable bonds is 5. The van der Waals surface area contributed by atoms with E-state index in [1.54, 1.807) is 6.20 Å². The summed E-state index contributed by atoms with van der Waals surface area (Å²) in [6.07, 6.45) is 3.79. The normalized spacial score (nSPS) is 15.2. The van der Waals surface area contributed by atoms with E-state index in [0.29, 0.717) is 18.2 Å². The molecule has 8 heteroatoms. The number of alkyl carbamates (subject to hydrolysis) is 1. The van der Waals surface area contributed by atoms with Crippen LogP contribution in [-0.2, 0) is 4.74 Å². The van der Waals surface area contributed by atoms with Gasteiger partial charge in [-0.05, 0) is 63.9 Å². The van der Waals surface area contributed by atoms with Crippen molar-refractivity contribution in [2.24, 2.45) is 5.92 Å². The monoisotopic (exact) mass is 393 g/mol. The summed E-state index contributed by atoms with van der Waals surface area (Å²) in [6, 6.07) is 4.00. The molecule has 1 aliphatic heterocycles. The van der Waals surface area contributed by atoms with Crippen molar-refractivity contribution in [1.29, 1.82) is 0 Å². The molecule has 0 saturated carbocycles. The number of thiocarbonyl (C=S) groups is 1. The van der Waals surface area contributed by atoms with Crippen molar-refractivity contribution in [3.63, 3.8) is 0 Å². The van der Waals surface area contributed by atoms with Crippen molar-refractivity contribution in [1.82, 2.24) is 15.6 Å². The second-order valence-electron chi connectivity index (χ2n) is 7.88. The molecular weight excluding hydrogens is 362 g/mol. The van der Waals surface area contributed by atoms with Gasteiger partial charge in [0.1, 0.15) is 11.4 Å². The van der Waals surface area contributed by atoms with Gasteiger partial charge in [-0.25, -0.2) is 9.78 Å². The molecule has 2 rings (SSSR count). The summed E-state index contributed by atoms with van der Waals surface area (Å²) in [4.78, 5) is 18.4. The van der Waals surface area contributed by atoms with Crippen LogP contribution in [0.5, 0.6) is 0 Å². The molecule has 1 aromatic rings. The Morgan fingerprint density at radius 3 is 2.52 bits per heavy atom. The molecule has 150 valence electrons. The van der Waals surface area contributed by atoms with E-state index in [1.807, 2.05) is 32.9 Å². The van der Waals surface area contributed by atoms with E-state index in [4.69, 9.17) is 17.0 Å². The minimum atomic E-state index is -0.500. The molecule has 27 heavy (non-hydrogen) atoms. The minimum absolute atomic E-state index is 0.418. The van der Waals surface area contributed by atoms with Crippen LogP contribution in [0.4, 0.5) is 16.3 Å². The highest BCUT2D eigenvalue weighted by atomic mass is 32.1. The van der Waals surface area contributed by atoms with Crippen molar-refractivity contribution in [2.45, 2.75) is 46.1 Å². The maximum absolute atomic E-state index is 11.6. The fourth-order valence-corrected chi connectivity index (χ4v) is 2.93. The summed E-state index contributed by atoms with van der Waals surface area (Å²) in [5, 5.41) is 9.31. The van der Waals surface area contributed by atoms with Crippen LogP contribution in [0.3, 0.4) is 0 Å². The number of nitrogens with zero attached hydrogens (tertiary/aromatic N) is 2. The van der Waals surface area contributed by atoms with Gasteiger partial charge in [0, 0.05) is 26.2 Å². The Hall–Kier alpha value is -2.09. The first-order valence-electron chi connectivity index (χ1n) is 9.45. The molecule has 1 aliphatic rings. The molecule has 1 fully saturated rings. The van der Waals surface area contributed by atoms with E-state index in [0.717, 1.165) is 30.5 Å². The smallest absolute Gasteiger partial charge is 0.407 e. The second-order valence-corrected chi connectivity index (χ2v) is 8.29. The van der Waals surface area contributed by atoms with Gasteiger partial charge in [0.05, 0.1) is 11.9 Å². The number of carbonyl (C=O) groups is 1. The van der Waals surface area contributed by atoms with Gasteiger partial charge in [0.2, 0.25) is 0 Å². The number of piperidine rings is 1. The maximum atomic E-state index is 11.6. The summed E-state index contributed by atoms with van der Waals surface area (Å²) < 4.78 is 5.17. The van der Waals surface area contributed by atoms with Crippen molar-refractivity contribution in [3.8, 4) is 0 Å². The molecule has 0 unspecified atom stereocenters. The van der Waals surface area contributed by atoms with Gasteiger partial charge in [0.15, 0.2) is 5.11 Å². The van der Waals surface area contributed by atoms with Crippen molar-refractivity contribution < 1.29 is 9.53 Å². The zero-order chi connectivity index (χ0) is 19.9. The molecule has 2 heterocycles. The van der Waals surface area contributed by atoms with Gasteiger partial charge in [0.25, 0.3) is 0 Å². The Labute approximate surface area is 167 Å². The first-order valence-corrected chi connectivity index (χ1v) is 9.86. The lowest BCUT2D eigenvalue weighted by Gasteiger charge is -2.31. The van der Waals surface area contributed by atoms with Gasteiger partial charge in [-0.2, -0.15) is 0 Å². The van der Waals surface area contributed by atoms with E-state index in [2.05, 4.69) is 32.8 Å². The molecule has 1 saturated heterocycles. The Morgan fingerprint density at radius 1 is 1.26 bits per heavy atom. The average molecular weight is 394 g/mol. The van der Waals surface area contributed by atoms with Crippen molar-refractivity contribution >= 4 is 34.9 Å². The zero-order valence-corrected chi connectivity index (χ0v) is 17.5. The molecule has 0 radical (unpaired) electrons. The fraction of sp³-hybridized carbons (Fsp3) is 0.632. The van der Waals surface area contributed by atoms with E-state index >= 15 is 0 Å². The molecule has 0 atom stereocenters. The summed E-state index contributed by atoms with van der Waals surface area (Å²) in [5.41, 5.74) is 0.335. The fourth-order valence-electron chi connectivity index (χ4n) is 2.71. The first-order chi connectivity index (χ1) is 12.7. The number of hydrogen-bond donors (Lipinski definition) is 3. The molecule has 0 aliphatic carbocycles. The number of carbonyl (C=O) groups excluding carboxylic acids is 1. The van der Waals surface area contributed by atoms with Crippen molar-refractivity contribution in [3.05, 3.63) is 18.3 Å². The van der Waals surface area contributed by atoms with Crippen LogP contribution in [-0.4, -0.2) is 48.0 Å². The predicted molar refractivity (Wildman–Crippen MR) is 113 cm³/mol. The number of amides is 1. The highest BCUT2D eigenvalue weighted by molar-refractivity contribution is 7.80. The highest BCUT2D eigenvalue weighted by Crippen LogP contribution is 2.22. The second kappa shape index (κ2) is 9.73. The van der Waals surface area contributed by atoms with Crippen molar-refractivity contribution in [2.75, 3.05) is 36.4 Å². The lowest BCUT2D eigenvalue weighted by molar-refractivity contribution is 0.0529. The minimum Gasteiger partial charge on any atom is -0.444 e. The number of anilines is 2. The Kier molecular flexibility index (Phi) is 7.65. The number of ether oxygens (including phenoxy) is 1. The number of pyridine rings is 1. The average Bonchev–Trinajstić information content (AvgIpc) is 2.59. The summed E-state index contributed by atoms with van der Waals surface area (Å²) in [6.45, 7) is 10.8. The molecule has 0 aromatic carbocycles. The third kappa shape index (κ3) is 7.99. The van der Waals surface area contributed by atoms with E-state index in [9.17, 15) is 4.79 Å². The molecule has 0 bridgehead atoms. The standard InChI is InChI=1S/C19H31N5O2S/c1-14-7-11-24(12-8-14)16-6-5-15(13-22-16)23-17(27)20-9-10-21-18(25)26-19(2,3)4/h5-6,13-14H,7-12H2,1-4H3,(H,21,25)(H2,20,23,27). The largest absolute Gasteiger partial charge is 0.444 e.